The van der Waals surface area contributed by atoms with E-state index in [-0.39, 0.29) is 132 Å². The molecule has 0 amide bonds. The van der Waals surface area contributed by atoms with Crippen LogP contribution in [0.3, 0.4) is 0 Å². The van der Waals surface area contributed by atoms with Crippen molar-refractivity contribution in [2.45, 2.75) is 40.2 Å². The van der Waals surface area contributed by atoms with Crippen molar-refractivity contribution in [3.05, 3.63) is 187 Å². The number of nitrogens with zero attached hydrogens (tertiary/aromatic N) is 4. The summed E-state index contributed by atoms with van der Waals surface area (Å²) in [6.45, 7) is 5.54. The molecule has 0 unspecified atom stereocenters. The molecular weight excluding hydrogens is 1060 g/mol. The second-order valence-electron chi connectivity index (χ2n) is 15.5. The fourth-order valence-corrected chi connectivity index (χ4v) is 8.13. The zero-order valence-electron chi connectivity index (χ0n) is 37.6. The summed E-state index contributed by atoms with van der Waals surface area (Å²) in [5, 5.41) is 9.81. The zero-order valence-corrected chi connectivity index (χ0v) is 40.9. The summed E-state index contributed by atoms with van der Waals surface area (Å²) in [5.74, 6) is -5.76. The molecule has 1 N–H and O–H groups in total. The van der Waals surface area contributed by atoms with Gasteiger partial charge in [0.15, 0.2) is 36.2 Å². The maximum absolute atomic E-state index is 12.8. The highest BCUT2D eigenvalue weighted by Crippen LogP contribution is 2.35. The summed E-state index contributed by atoms with van der Waals surface area (Å²) in [7, 11) is 0. The molecule has 71 heavy (non-hydrogen) atoms. The van der Waals surface area contributed by atoms with Crippen molar-refractivity contribution >= 4 is 85.5 Å². The standard InChI is InChI=1S/C21H17N2O5.C16H12BrNO5.C13H7NO5.BrH/c1-13-15(21(26)27-12-6-11-23-9-3-2-4-10-23)16-19(25)17-14(7-5-8-22-17)18(24)20(16)28-13;1-8-10(16(21)22-7-3-5-17)11-14(20)12-9(4-2-6-18-12)13(19)15(11)23-8;1-5-7(13(17)18)8-11(16)9-6(3-2-4-14-9)10(15)12(8)19-5;/h2-5,7-10H,6,11-12H2,1H3;2,4,6H,3,5,7H2,1H3;2-4H,1H3,(H,17,18);1H/q+1;;;. The quantitative estimate of drug-likeness (QED) is 0.0623. The number of ether oxygens (including phenoxy) is 2. The van der Waals surface area contributed by atoms with Crippen LogP contribution >= 0.6 is 32.9 Å². The van der Waals surface area contributed by atoms with Crippen LogP contribution in [-0.4, -0.2) is 91.2 Å². The van der Waals surface area contributed by atoms with Crippen LogP contribution in [-0.2, 0) is 16.0 Å². The number of hydrogen-bond donors (Lipinski definition) is 1. The second kappa shape index (κ2) is 21.2. The number of pyridine rings is 4. The Morgan fingerprint density at radius 2 is 0.915 bits per heavy atom. The van der Waals surface area contributed by atoms with Crippen LogP contribution in [0.1, 0.15) is 158 Å². The highest BCUT2D eigenvalue weighted by molar-refractivity contribution is 9.09. The van der Waals surface area contributed by atoms with E-state index < -0.39 is 52.6 Å². The summed E-state index contributed by atoms with van der Waals surface area (Å²) in [6.07, 6.45) is 9.33. The molecule has 3 aliphatic rings. The van der Waals surface area contributed by atoms with Crippen LogP contribution in [0.5, 0.6) is 0 Å². The fraction of sp³-hybridized carbons (Fsp3) is 0.180. The fourth-order valence-electron chi connectivity index (χ4n) is 7.90. The summed E-state index contributed by atoms with van der Waals surface area (Å²) in [5.41, 5.74) is -0.0955. The molecule has 7 aromatic heterocycles. The van der Waals surface area contributed by atoms with Gasteiger partial charge in [-0.15, -0.1) is 17.0 Å². The van der Waals surface area contributed by atoms with Crippen molar-refractivity contribution in [3.63, 3.8) is 0 Å². The molecule has 3 aliphatic carbocycles. The Morgan fingerprint density at radius 3 is 1.30 bits per heavy atom. The van der Waals surface area contributed by atoms with Gasteiger partial charge in [0.1, 0.15) is 51.1 Å². The maximum atomic E-state index is 12.8. The van der Waals surface area contributed by atoms with E-state index in [1.807, 2.05) is 35.2 Å². The predicted octanol–water partition coefficient (Wildman–Crippen LogP) is 7.03. The Bertz CT molecular complexity index is 3370. The van der Waals surface area contributed by atoms with E-state index in [4.69, 9.17) is 27.8 Å². The molecule has 0 fully saturated rings. The van der Waals surface area contributed by atoms with Gasteiger partial charge in [-0.2, -0.15) is 0 Å². The number of aromatic carboxylic acids is 1. The number of ketones is 6. The van der Waals surface area contributed by atoms with Crippen molar-refractivity contribution in [2.24, 2.45) is 0 Å². The third kappa shape index (κ3) is 9.48. The summed E-state index contributed by atoms with van der Waals surface area (Å²) < 4.78 is 28.5. The van der Waals surface area contributed by atoms with Gasteiger partial charge in [-0.3, -0.25) is 43.7 Å². The Morgan fingerprint density at radius 1 is 0.549 bits per heavy atom. The average Bonchev–Trinajstić information content (AvgIpc) is 4.04. The molecule has 7 heterocycles. The number of furan rings is 3. The largest absolute Gasteiger partial charge is 0.478 e. The lowest BCUT2D eigenvalue weighted by molar-refractivity contribution is -0.697. The van der Waals surface area contributed by atoms with E-state index in [0.717, 1.165) is 0 Å². The van der Waals surface area contributed by atoms with Crippen LogP contribution in [0.15, 0.2) is 98.8 Å². The molecule has 10 rings (SSSR count). The first kappa shape index (κ1) is 50.7. The number of carboxylic acids is 1. The number of halogens is 2. The number of aromatic nitrogens is 4. The molecule has 0 aromatic carbocycles. The number of rotatable bonds is 10. The Balaban J connectivity index is 0.000000158. The number of esters is 2. The van der Waals surface area contributed by atoms with Crippen LogP contribution < -0.4 is 4.57 Å². The van der Waals surface area contributed by atoms with Gasteiger partial charge in [0.25, 0.3) is 0 Å². The van der Waals surface area contributed by atoms with Gasteiger partial charge in [-0.1, -0.05) is 22.0 Å². The molecule has 19 nitrogen and oxygen atoms in total. The first-order chi connectivity index (χ1) is 33.7. The van der Waals surface area contributed by atoms with E-state index in [1.54, 1.807) is 12.1 Å². The average molecular weight is 1090 g/mol. The predicted molar refractivity (Wildman–Crippen MR) is 251 cm³/mol. The zero-order chi connectivity index (χ0) is 50.0. The molecule has 0 radical (unpaired) electrons. The van der Waals surface area contributed by atoms with Crippen molar-refractivity contribution < 1.29 is 75.5 Å². The van der Waals surface area contributed by atoms with Gasteiger partial charge >= 0.3 is 17.9 Å². The first-order valence-corrected chi connectivity index (χ1v) is 22.4. The van der Waals surface area contributed by atoms with Gasteiger partial charge < -0.3 is 27.8 Å². The lowest BCUT2D eigenvalue weighted by Gasteiger charge is -2.12. The maximum Gasteiger partial charge on any atom is 0.342 e. The molecule has 360 valence electrons. The highest BCUT2D eigenvalue weighted by Gasteiger charge is 2.42. The summed E-state index contributed by atoms with van der Waals surface area (Å²) in [6, 6.07) is 14.9. The minimum Gasteiger partial charge on any atom is -0.478 e. The van der Waals surface area contributed by atoms with E-state index in [9.17, 15) is 43.2 Å². The van der Waals surface area contributed by atoms with Gasteiger partial charge in [-0.25, -0.2) is 19.0 Å². The highest BCUT2D eigenvalue weighted by atomic mass is 79.9. The van der Waals surface area contributed by atoms with E-state index >= 15 is 0 Å². The normalized spacial score (nSPS) is 12.6. The number of aryl methyl sites for hydroxylation is 4. The van der Waals surface area contributed by atoms with Crippen LogP contribution in [0.4, 0.5) is 0 Å². The Kier molecular flexibility index (Phi) is 15.2. The van der Waals surface area contributed by atoms with Crippen molar-refractivity contribution in [1.82, 2.24) is 15.0 Å². The smallest absolute Gasteiger partial charge is 0.342 e. The van der Waals surface area contributed by atoms with Gasteiger partial charge in [-0.05, 0) is 63.6 Å². The molecule has 0 bridgehead atoms. The molecule has 0 aliphatic heterocycles. The van der Waals surface area contributed by atoms with Crippen LogP contribution in [0.25, 0.3) is 0 Å². The van der Waals surface area contributed by atoms with E-state index in [2.05, 4.69) is 30.9 Å². The lowest BCUT2D eigenvalue weighted by Crippen LogP contribution is -2.33. The minimum atomic E-state index is -1.30. The number of carbonyl (C=O) groups excluding carboxylic acids is 8. The second-order valence-corrected chi connectivity index (χ2v) is 16.3. The van der Waals surface area contributed by atoms with Crippen molar-refractivity contribution in [3.8, 4) is 0 Å². The summed E-state index contributed by atoms with van der Waals surface area (Å²) in [4.78, 5) is 123. The lowest BCUT2D eigenvalue weighted by atomic mass is 9.90. The topological polar surface area (TPSA) is 274 Å². The molecule has 0 spiro atoms. The third-order valence-corrected chi connectivity index (χ3v) is 11.6. The van der Waals surface area contributed by atoms with Crippen molar-refractivity contribution in [1.29, 1.82) is 0 Å². The third-order valence-electron chi connectivity index (χ3n) is 11.1. The number of fused-ring (bicyclic) bond motifs is 6. The van der Waals surface area contributed by atoms with Gasteiger partial charge in [0.05, 0.1) is 46.6 Å². The van der Waals surface area contributed by atoms with Crippen molar-refractivity contribution in [2.75, 3.05) is 18.5 Å². The van der Waals surface area contributed by atoms with Gasteiger partial charge in [0.2, 0.25) is 34.7 Å². The SMILES string of the molecule is Br.Cc1oc2c(c1C(=O)O)C(=O)c1ncccc1C2=O.Cc1oc2c(c1C(=O)OCCCBr)C(=O)c1ncccc1C2=O.Cc1oc2c(c1C(=O)OCCC[n+]1ccccc1)C(=O)c1ncccc1C2=O. The molecule has 0 saturated heterocycles. The number of carbonyl (C=O) groups is 9. The molecule has 21 heteroatoms. The molecule has 0 atom stereocenters. The molecule has 0 saturated carbocycles. The number of carboxylic acid groups (broad SMARTS) is 1. The minimum absolute atomic E-state index is 0. The number of alkyl halides is 1. The first-order valence-electron chi connectivity index (χ1n) is 21.3. The van der Waals surface area contributed by atoms with E-state index in [0.29, 0.717) is 24.7 Å². The Hall–Kier alpha value is -8.17. The molecular formula is C50H37Br2N4O15+. The van der Waals surface area contributed by atoms with E-state index in [1.165, 1.54) is 63.6 Å². The number of hydrogen-bond acceptors (Lipinski definition) is 17. The monoisotopic (exact) mass is 1090 g/mol. The van der Waals surface area contributed by atoms with Gasteiger partial charge in [0, 0.05) is 42.5 Å². The Labute approximate surface area is 420 Å². The van der Waals surface area contributed by atoms with Crippen LogP contribution in [0.2, 0.25) is 0 Å². The van der Waals surface area contributed by atoms with Crippen LogP contribution in [0, 0.1) is 20.8 Å². The summed E-state index contributed by atoms with van der Waals surface area (Å²) >= 11 is 3.24. The molecule has 7 aromatic rings.